The summed E-state index contributed by atoms with van der Waals surface area (Å²) in [6.45, 7) is 0. The zero-order valence-electron chi connectivity index (χ0n) is 9.23. The van der Waals surface area contributed by atoms with Crippen molar-refractivity contribution in [1.29, 1.82) is 0 Å². The third-order valence-electron chi connectivity index (χ3n) is 2.38. The van der Waals surface area contributed by atoms with Crippen molar-refractivity contribution in [3.05, 3.63) is 18.2 Å². The molecule has 0 aliphatic carbocycles. The molecule has 90 valence electrons. The molecule has 1 aliphatic rings. The number of carbonyl (C=O) groups excluding carboxylic acids is 2. The van der Waals surface area contributed by atoms with E-state index in [1.807, 2.05) is 0 Å². The Hall–Kier alpha value is -1.69. The van der Waals surface area contributed by atoms with Gasteiger partial charge in [-0.05, 0) is 12.1 Å². The highest BCUT2D eigenvalue weighted by Crippen LogP contribution is 2.35. The first-order chi connectivity index (χ1) is 8.10. The Morgan fingerprint density at radius 1 is 1.47 bits per heavy atom. The molecular weight excluding hydrogens is 240 g/mol. The summed E-state index contributed by atoms with van der Waals surface area (Å²) < 4.78 is 5.18. The lowest BCUT2D eigenvalue weighted by Crippen LogP contribution is -2.23. The maximum atomic E-state index is 11.4. The average Bonchev–Trinajstić information content (AvgIpc) is 2.60. The zero-order chi connectivity index (χ0) is 12.4. The van der Waals surface area contributed by atoms with Crippen molar-refractivity contribution in [1.82, 2.24) is 5.32 Å². The maximum absolute atomic E-state index is 11.4. The number of nitrogen functional groups attached to an aromatic ring is 1. The van der Waals surface area contributed by atoms with Crippen LogP contribution in [0.2, 0.25) is 0 Å². The molecule has 17 heavy (non-hydrogen) atoms. The van der Waals surface area contributed by atoms with E-state index in [1.54, 1.807) is 25.3 Å². The quantitative estimate of drug-likeness (QED) is 0.614. The number of carbonyl (C=O) groups is 2. The van der Waals surface area contributed by atoms with Crippen molar-refractivity contribution >= 4 is 29.3 Å². The number of hydrogen-bond acceptors (Lipinski definition) is 5. The topological polar surface area (TPSA) is 81.4 Å². The van der Waals surface area contributed by atoms with Gasteiger partial charge in [0.2, 0.25) is 11.8 Å². The van der Waals surface area contributed by atoms with Crippen LogP contribution in [0.5, 0.6) is 5.75 Å². The third-order valence-corrected chi connectivity index (χ3v) is 3.64. The van der Waals surface area contributed by atoms with Gasteiger partial charge < -0.3 is 10.5 Å². The Kier molecular flexibility index (Phi) is 3.23. The van der Waals surface area contributed by atoms with Crippen molar-refractivity contribution in [2.24, 2.45) is 0 Å². The molecule has 6 heteroatoms. The Morgan fingerprint density at radius 2 is 2.24 bits per heavy atom. The van der Waals surface area contributed by atoms with E-state index in [2.05, 4.69) is 5.32 Å². The number of methoxy groups -OCH3 is 1. The minimum Gasteiger partial charge on any atom is -0.496 e. The SMILES string of the molecule is COc1cc(N)ccc1SC1CC(=O)NC1=O. The van der Waals surface area contributed by atoms with E-state index in [4.69, 9.17) is 10.5 Å². The molecule has 1 saturated heterocycles. The Morgan fingerprint density at radius 3 is 2.82 bits per heavy atom. The van der Waals surface area contributed by atoms with Crippen molar-refractivity contribution < 1.29 is 14.3 Å². The number of amides is 2. The highest BCUT2D eigenvalue weighted by Gasteiger charge is 2.31. The normalized spacial score (nSPS) is 19.2. The van der Waals surface area contributed by atoms with Gasteiger partial charge in [0.05, 0.1) is 17.3 Å². The predicted octanol–water partition coefficient (Wildman–Crippen LogP) is 0.785. The monoisotopic (exact) mass is 252 g/mol. The smallest absolute Gasteiger partial charge is 0.240 e. The van der Waals surface area contributed by atoms with E-state index in [-0.39, 0.29) is 23.5 Å². The molecule has 1 aromatic rings. The molecule has 3 N–H and O–H groups in total. The van der Waals surface area contributed by atoms with E-state index in [9.17, 15) is 9.59 Å². The van der Waals surface area contributed by atoms with Crippen molar-refractivity contribution in [2.75, 3.05) is 12.8 Å². The van der Waals surface area contributed by atoms with Gasteiger partial charge in [-0.25, -0.2) is 0 Å². The summed E-state index contributed by atoms with van der Waals surface area (Å²) >= 11 is 1.31. The summed E-state index contributed by atoms with van der Waals surface area (Å²) in [5.74, 6) is 0.128. The van der Waals surface area contributed by atoms with Gasteiger partial charge >= 0.3 is 0 Å². The van der Waals surface area contributed by atoms with Gasteiger partial charge in [-0.1, -0.05) is 0 Å². The second-order valence-corrected chi connectivity index (χ2v) is 4.88. The number of nitrogens with two attached hydrogens (primary N) is 1. The summed E-state index contributed by atoms with van der Waals surface area (Å²) in [4.78, 5) is 23.3. The third kappa shape index (κ3) is 2.52. The van der Waals surface area contributed by atoms with Crippen molar-refractivity contribution in [3.63, 3.8) is 0 Å². The fourth-order valence-corrected chi connectivity index (χ4v) is 2.67. The maximum Gasteiger partial charge on any atom is 0.240 e. The van der Waals surface area contributed by atoms with Crippen LogP contribution in [0.3, 0.4) is 0 Å². The number of thioether (sulfide) groups is 1. The fraction of sp³-hybridized carbons (Fsp3) is 0.273. The summed E-state index contributed by atoms with van der Waals surface area (Å²) in [5, 5.41) is 1.88. The van der Waals surface area contributed by atoms with Gasteiger partial charge in [0.1, 0.15) is 5.75 Å². The largest absolute Gasteiger partial charge is 0.496 e. The van der Waals surface area contributed by atoms with Gasteiger partial charge in [-0.15, -0.1) is 11.8 Å². The van der Waals surface area contributed by atoms with Crippen molar-refractivity contribution in [3.8, 4) is 5.75 Å². The van der Waals surface area contributed by atoms with Gasteiger partial charge in [-0.3, -0.25) is 14.9 Å². The number of ether oxygens (including phenoxy) is 1. The lowest BCUT2D eigenvalue weighted by molar-refractivity contribution is -0.124. The number of hydrogen-bond donors (Lipinski definition) is 2. The minimum absolute atomic E-state index is 0.205. The first kappa shape index (κ1) is 11.8. The first-order valence-electron chi connectivity index (χ1n) is 5.04. The second kappa shape index (κ2) is 4.67. The second-order valence-electron chi connectivity index (χ2n) is 3.63. The molecule has 1 unspecified atom stereocenters. The van der Waals surface area contributed by atoms with E-state index in [0.717, 1.165) is 4.90 Å². The summed E-state index contributed by atoms with van der Waals surface area (Å²) in [7, 11) is 1.54. The van der Waals surface area contributed by atoms with Crippen LogP contribution in [0, 0.1) is 0 Å². The molecule has 0 radical (unpaired) electrons. The molecule has 1 atom stereocenters. The van der Waals surface area contributed by atoms with Gasteiger partial charge in [-0.2, -0.15) is 0 Å². The highest BCUT2D eigenvalue weighted by molar-refractivity contribution is 8.00. The Balaban J connectivity index is 2.18. The van der Waals surface area contributed by atoms with Crippen LogP contribution in [0.1, 0.15) is 6.42 Å². The lowest BCUT2D eigenvalue weighted by Gasteiger charge is -2.11. The molecule has 1 aliphatic heterocycles. The minimum atomic E-state index is -0.389. The average molecular weight is 252 g/mol. The van der Waals surface area contributed by atoms with Gasteiger partial charge in [0.25, 0.3) is 0 Å². The van der Waals surface area contributed by atoms with Crippen molar-refractivity contribution in [2.45, 2.75) is 16.6 Å². The lowest BCUT2D eigenvalue weighted by atomic mass is 10.3. The molecule has 0 saturated carbocycles. The molecule has 2 rings (SSSR count). The van der Waals surface area contributed by atoms with E-state index >= 15 is 0 Å². The molecule has 1 aromatic carbocycles. The van der Waals surface area contributed by atoms with Crippen LogP contribution in [0.4, 0.5) is 5.69 Å². The molecule has 5 nitrogen and oxygen atoms in total. The van der Waals surface area contributed by atoms with Crippen LogP contribution < -0.4 is 15.8 Å². The van der Waals surface area contributed by atoms with E-state index < -0.39 is 0 Å². The molecule has 2 amide bonds. The first-order valence-corrected chi connectivity index (χ1v) is 5.92. The van der Waals surface area contributed by atoms with Crippen LogP contribution in [0.25, 0.3) is 0 Å². The van der Waals surface area contributed by atoms with Crippen LogP contribution in [-0.2, 0) is 9.59 Å². The highest BCUT2D eigenvalue weighted by atomic mass is 32.2. The number of imide groups is 1. The molecule has 1 fully saturated rings. The molecule has 0 spiro atoms. The van der Waals surface area contributed by atoms with E-state index in [1.165, 1.54) is 11.8 Å². The number of benzene rings is 1. The summed E-state index contributed by atoms with van der Waals surface area (Å²) in [6, 6.07) is 5.21. The standard InChI is InChI=1S/C11H12N2O3S/c1-16-7-4-6(12)2-3-8(7)17-9-5-10(14)13-11(9)15/h2-4,9H,5,12H2,1H3,(H,13,14,15). The molecule has 1 heterocycles. The summed E-state index contributed by atoms with van der Waals surface area (Å²) in [6.07, 6.45) is 0.205. The number of nitrogens with one attached hydrogen (secondary N) is 1. The molecular formula is C11H12N2O3S. The van der Waals surface area contributed by atoms with Gasteiger partial charge in [0.15, 0.2) is 0 Å². The zero-order valence-corrected chi connectivity index (χ0v) is 10.0. The van der Waals surface area contributed by atoms with Crippen LogP contribution in [0.15, 0.2) is 23.1 Å². The molecule has 0 bridgehead atoms. The molecule has 0 aromatic heterocycles. The van der Waals surface area contributed by atoms with E-state index in [0.29, 0.717) is 11.4 Å². The Labute approximate surface area is 103 Å². The number of anilines is 1. The van der Waals surface area contributed by atoms with Gasteiger partial charge in [0, 0.05) is 18.2 Å². The van der Waals surface area contributed by atoms with Crippen LogP contribution in [-0.4, -0.2) is 24.2 Å². The fourth-order valence-electron chi connectivity index (χ4n) is 1.56. The Bertz CT molecular complexity index is 476. The van der Waals surface area contributed by atoms with Crippen LogP contribution >= 0.6 is 11.8 Å². The summed E-state index contributed by atoms with van der Waals surface area (Å²) in [5.41, 5.74) is 6.23. The number of rotatable bonds is 3. The predicted molar refractivity (Wildman–Crippen MR) is 64.8 cm³/mol.